The van der Waals surface area contributed by atoms with Crippen LogP contribution in [0.5, 0.6) is 0 Å². The SMILES string of the molecule is CCCN(CC)c1ccc(F)cc1[C@H](C)O. The van der Waals surface area contributed by atoms with Crippen molar-refractivity contribution in [2.45, 2.75) is 33.3 Å². The van der Waals surface area contributed by atoms with Gasteiger partial charge in [-0.1, -0.05) is 6.92 Å². The quantitative estimate of drug-likeness (QED) is 0.832. The number of halogens is 1. The highest BCUT2D eigenvalue weighted by molar-refractivity contribution is 5.54. The summed E-state index contributed by atoms with van der Waals surface area (Å²) in [6, 6.07) is 4.61. The molecule has 1 aromatic carbocycles. The molecule has 0 aliphatic rings. The molecule has 0 heterocycles. The molecule has 1 atom stereocenters. The monoisotopic (exact) mass is 225 g/mol. The van der Waals surface area contributed by atoms with Gasteiger partial charge in [0.25, 0.3) is 0 Å². The third kappa shape index (κ3) is 2.95. The van der Waals surface area contributed by atoms with Crippen molar-refractivity contribution in [3.63, 3.8) is 0 Å². The summed E-state index contributed by atoms with van der Waals surface area (Å²) in [5.74, 6) is -0.299. The van der Waals surface area contributed by atoms with Crippen LogP contribution in [0.3, 0.4) is 0 Å². The van der Waals surface area contributed by atoms with Crippen LogP contribution < -0.4 is 4.90 Å². The van der Waals surface area contributed by atoms with Gasteiger partial charge in [0.05, 0.1) is 6.10 Å². The summed E-state index contributed by atoms with van der Waals surface area (Å²) in [6.07, 6.45) is 0.390. The molecule has 0 bridgehead atoms. The number of aliphatic hydroxyl groups excluding tert-OH is 1. The van der Waals surface area contributed by atoms with Gasteiger partial charge in [-0.2, -0.15) is 0 Å². The lowest BCUT2D eigenvalue weighted by atomic mass is 10.1. The molecular weight excluding hydrogens is 205 g/mol. The molecule has 0 saturated heterocycles. The van der Waals surface area contributed by atoms with Crippen LogP contribution >= 0.6 is 0 Å². The Morgan fingerprint density at radius 1 is 1.38 bits per heavy atom. The Bertz CT molecular complexity index is 339. The van der Waals surface area contributed by atoms with Crippen molar-refractivity contribution < 1.29 is 9.50 Å². The molecule has 1 N–H and O–H groups in total. The second-order valence-electron chi connectivity index (χ2n) is 3.96. The summed E-state index contributed by atoms with van der Waals surface area (Å²) in [7, 11) is 0. The number of benzene rings is 1. The highest BCUT2D eigenvalue weighted by Gasteiger charge is 2.13. The summed E-state index contributed by atoms with van der Waals surface area (Å²) in [4.78, 5) is 2.15. The van der Waals surface area contributed by atoms with Gasteiger partial charge in [-0.15, -0.1) is 0 Å². The Balaban J connectivity index is 3.09. The van der Waals surface area contributed by atoms with Crippen molar-refractivity contribution in [1.29, 1.82) is 0 Å². The summed E-state index contributed by atoms with van der Waals surface area (Å²) >= 11 is 0. The molecule has 1 aromatic rings. The van der Waals surface area contributed by atoms with Crippen LogP contribution in [-0.4, -0.2) is 18.2 Å². The lowest BCUT2D eigenvalue weighted by molar-refractivity contribution is 0.199. The van der Waals surface area contributed by atoms with E-state index in [0.717, 1.165) is 25.2 Å². The van der Waals surface area contributed by atoms with Crippen molar-refractivity contribution in [2.75, 3.05) is 18.0 Å². The second-order valence-corrected chi connectivity index (χ2v) is 3.96. The number of nitrogens with zero attached hydrogens (tertiary/aromatic N) is 1. The van der Waals surface area contributed by atoms with Crippen LogP contribution in [0.25, 0.3) is 0 Å². The Morgan fingerprint density at radius 3 is 2.56 bits per heavy atom. The third-order valence-electron chi connectivity index (χ3n) is 2.66. The topological polar surface area (TPSA) is 23.5 Å². The fourth-order valence-corrected chi connectivity index (χ4v) is 1.87. The summed E-state index contributed by atoms with van der Waals surface area (Å²) < 4.78 is 13.1. The summed E-state index contributed by atoms with van der Waals surface area (Å²) in [6.45, 7) is 7.61. The average Bonchev–Trinajstić information content (AvgIpc) is 2.26. The van der Waals surface area contributed by atoms with Crippen LogP contribution in [0.15, 0.2) is 18.2 Å². The molecule has 1 rings (SSSR count). The van der Waals surface area contributed by atoms with Crippen molar-refractivity contribution in [3.05, 3.63) is 29.6 Å². The average molecular weight is 225 g/mol. The molecular formula is C13H20FNO. The number of rotatable bonds is 5. The number of hydrogen-bond acceptors (Lipinski definition) is 2. The van der Waals surface area contributed by atoms with Crippen LogP contribution in [0.2, 0.25) is 0 Å². The smallest absolute Gasteiger partial charge is 0.123 e. The molecule has 0 saturated carbocycles. The summed E-state index contributed by atoms with van der Waals surface area (Å²) in [5.41, 5.74) is 1.59. The minimum atomic E-state index is -0.642. The van der Waals surface area contributed by atoms with Gasteiger partial charge in [0.15, 0.2) is 0 Å². The first-order valence-corrected chi connectivity index (χ1v) is 5.82. The summed E-state index contributed by atoms with van der Waals surface area (Å²) in [5, 5.41) is 9.65. The Hall–Kier alpha value is -1.09. The zero-order valence-corrected chi connectivity index (χ0v) is 10.2. The molecule has 0 fully saturated rings. The Morgan fingerprint density at radius 2 is 2.06 bits per heavy atom. The molecule has 0 amide bonds. The lowest BCUT2D eigenvalue weighted by Crippen LogP contribution is -2.25. The third-order valence-corrected chi connectivity index (χ3v) is 2.66. The first kappa shape index (κ1) is 13.0. The van der Waals surface area contributed by atoms with Gasteiger partial charge >= 0.3 is 0 Å². The maximum atomic E-state index is 13.1. The number of aliphatic hydroxyl groups is 1. The predicted molar refractivity (Wildman–Crippen MR) is 65.2 cm³/mol. The van der Waals surface area contributed by atoms with Gasteiger partial charge < -0.3 is 10.0 Å². The van der Waals surface area contributed by atoms with E-state index in [0.29, 0.717) is 5.56 Å². The number of anilines is 1. The molecule has 3 heteroatoms. The van der Waals surface area contributed by atoms with Gasteiger partial charge in [-0.3, -0.25) is 0 Å². The zero-order chi connectivity index (χ0) is 12.1. The first-order chi connectivity index (χ1) is 7.60. The van der Waals surface area contributed by atoms with Crippen LogP contribution in [0.1, 0.15) is 38.9 Å². The molecule has 0 radical (unpaired) electrons. The van der Waals surface area contributed by atoms with Crippen molar-refractivity contribution in [3.8, 4) is 0 Å². The normalized spacial score (nSPS) is 12.6. The highest BCUT2D eigenvalue weighted by atomic mass is 19.1. The van der Waals surface area contributed by atoms with E-state index >= 15 is 0 Å². The fraction of sp³-hybridized carbons (Fsp3) is 0.538. The van der Waals surface area contributed by atoms with Gasteiger partial charge in [-0.05, 0) is 38.5 Å². The Kier molecular flexibility index (Phi) is 4.74. The minimum Gasteiger partial charge on any atom is -0.389 e. The van der Waals surface area contributed by atoms with Crippen LogP contribution in [0.4, 0.5) is 10.1 Å². The van der Waals surface area contributed by atoms with Gasteiger partial charge in [0.1, 0.15) is 5.82 Å². The minimum absolute atomic E-state index is 0.299. The van der Waals surface area contributed by atoms with Crippen LogP contribution in [0, 0.1) is 5.82 Å². The van der Waals surface area contributed by atoms with E-state index in [1.165, 1.54) is 12.1 Å². The first-order valence-electron chi connectivity index (χ1n) is 5.82. The van der Waals surface area contributed by atoms with Crippen molar-refractivity contribution in [2.24, 2.45) is 0 Å². The van der Waals surface area contributed by atoms with E-state index in [-0.39, 0.29) is 5.82 Å². The fourth-order valence-electron chi connectivity index (χ4n) is 1.87. The largest absolute Gasteiger partial charge is 0.389 e. The van der Waals surface area contributed by atoms with Crippen molar-refractivity contribution in [1.82, 2.24) is 0 Å². The molecule has 0 aliphatic carbocycles. The second kappa shape index (κ2) is 5.85. The van der Waals surface area contributed by atoms with Crippen LogP contribution in [-0.2, 0) is 0 Å². The van der Waals surface area contributed by atoms with E-state index in [9.17, 15) is 9.50 Å². The Labute approximate surface area is 96.7 Å². The van der Waals surface area contributed by atoms with E-state index < -0.39 is 6.10 Å². The standard InChI is InChI=1S/C13H20FNO/c1-4-8-15(5-2)13-7-6-11(14)9-12(13)10(3)16/h6-7,9-10,16H,4-5,8H2,1-3H3/t10-/m0/s1. The predicted octanol–water partition coefficient (Wildman–Crippen LogP) is 3.12. The van der Waals surface area contributed by atoms with Gasteiger partial charge in [0.2, 0.25) is 0 Å². The molecule has 2 nitrogen and oxygen atoms in total. The van der Waals surface area contributed by atoms with E-state index in [1.807, 2.05) is 0 Å². The van der Waals surface area contributed by atoms with Gasteiger partial charge in [-0.25, -0.2) is 4.39 Å². The van der Waals surface area contributed by atoms with Gasteiger partial charge in [0, 0.05) is 24.3 Å². The van der Waals surface area contributed by atoms with E-state index in [2.05, 4.69) is 18.7 Å². The highest BCUT2D eigenvalue weighted by Crippen LogP contribution is 2.27. The lowest BCUT2D eigenvalue weighted by Gasteiger charge is -2.26. The molecule has 90 valence electrons. The molecule has 16 heavy (non-hydrogen) atoms. The molecule has 0 unspecified atom stereocenters. The maximum Gasteiger partial charge on any atom is 0.123 e. The van der Waals surface area contributed by atoms with Crippen molar-refractivity contribution >= 4 is 5.69 Å². The van der Waals surface area contributed by atoms with E-state index in [1.54, 1.807) is 13.0 Å². The maximum absolute atomic E-state index is 13.1. The molecule has 0 aliphatic heterocycles. The zero-order valence-electron chi connectivity index (χ0n) is 10.2. The molecule has 0 spiro atoms. The van der Waals surface area contributed by atoms with E-state index in [4.69, 9.17) is 0 Å². The molecule has 0 aromatic heterocycles. The number of hydrogen-bond donors (Lipinski definition) is 1.